The summed E-state index contributed by atoms with van der Waals surface area (Å²) in [5.41, 5.74) is 1.20. The summed E-state index contributed by atoms with van der Waals surface area (Å²) >= 11 is 6.27. The molecule has 1 aliphatic heterocycles. The van der Waals surface area contributed by atoms with Crippen molar-refractivity contribution in [2.24, 2.45) is 0 Å². The number of ether oxygens (including phenoxy) is 1. The quantitative estimate of drug-likeness (QED) is 0.545. The summed E-state index contributed by atoms with van der Waals surface area (Å²) in [5.74, 6) is -1.81. The van der Waals surface area contributed by atoms with Gasteiger partial charge in [-0.25, -0.2) is 4.79 Å². The van der Waals surface area contributed by atoms with Crippen LogP contribution in [0.2, 0.25) is 5.02 Å². The lowest BCUT2D eigenvalue weighted by molar-refractivity contribution is -0.192. The minimum absolute atomic E-state index is 0.279. The van der Waals surface area contributed by atoms with Crippen LogP contribution < -0.4 is 4.74 Å². The monoisotopic (exact) mass is 466 g/mol. The molecule has 2 heterocycles. The lowest BCUT2D eigenvalue weighted by atomic mass is 10.1. The van der Waals surface area contributed by atoms with E-state index < -0.39 is 12.1 Å². The predicted molar refractivity (Wildman–Crippen MR) is 116 cm³/mol. The number of halogens is 4. The molecular weight excluding hydrogens is 445 g/mol. The molecule has 9 heteroatoms. The highest BCUT2D eigenvalue weighted by atomic mass is 35.5. The number of carboxylic acid groups (broad SMARTS) is 1. The SMILES string of the molecule is Clc1ccccc1CN1CCC(Oc2ccc3cnccc3c2)CC1.O=C(O)C(F)(F)F. The van der Waals surface area contributed by atoms with E-state index >= 15 is 0 Å². The molecule has 0 saturated carbocycles. The van der Waals surface area contributed by atoms with Crippen LogP contribution in [-0.4, -0.2) is 46.3 Å². The first-order chi connectivity index (χ1) is 15.2. The van der Waals surface area contributed by atoms with Gasteiger partial charge in [0.05, 0.1) is 0 Å². The van der Waals surface area contributed by atoms with Gasteiger partial charge in [-0.1, -0.05) is 29.8 Å². The van der Waals surface area contributed by atoms with Crippen molar-refractivity contribution in [2.75, 3.05) is 13.1 Å². The van der Waals surface area contributed by atoms with Crippen molar-refractivity contribution in [2.45, 2.75) is 31.7 Å². The van der Waals surface area contributed by atoms with Crippen LogP contribution in [0.4, 0.5) is 13.2 Å². The van der Waals surface area contributed by atoms with Gasteiger partial charge in [-0.15, -0.1) is 0 Å². The van der Waals surface area contributed by atoms with Gasteiger partial charge < -0.3 is 9.84 Å². The van der Waals surface area contributed by atoms with Crippen molar-refractivity contribution < 1.29 is 27.8 Å². The Kier molecular flexibility index (Phi) is 7.93. The Labute approximate surface area is 188 Å². The molecule has 4 rings (SSSR count). The van der Waals surface area contributed by atoms with Crippen molar-refractivity contribution in [3.63, 3.8) is 0 Å². The summed E-state index contributed by atoms with van der Waals surface area (Å²) in [6.07, 6.45) is 0.977. The molecule has 1 aliphatic rings. The molecule has 32 heavy (non-hydrogen) atoms. The molecule has 0 aliphatic carbocycles. The number of aliphatic carboxylic acids is 1. The van der Waals surface area contributed by atoms with E-state index in [1.54, 1.807) is 0 Å². The van der Waals surface area contributed by atoms with Gasteiger partial charge in [0.1, 0.15) is 11.9 Å². The summed E-state index contributed by atoms with van der Waals surface area (Å²) in [4.78, 5) is 15.5. The highest BCUT2D eigenvalue weighted by Gasteiger charge is 2.38. The number of likely N-dealkylation sites (tertiary alicyclic amines) is 1. The second-order valence-corrected chi connectivity index (χ2v) is 7.78. The molecule has 0 spiro atoms. The van der Waals surface area contributed by atoms with Gasteiger partial charge in [-0.2, -0.15) is 13.2 Å². The normalized spacial score (nSPS) is 15.1. The summed E-state index contributed by atoms with van der Waals surface area (Å²) in [6, 6.07) is 16.3. The van der Waals surface area contributed by atoms with E-state index in [4.69, 9.17) is 26.2 Å². The van der Waals surface area contributed by atoms with Crippen LogP contribution in [0.5, 0.6) is 5.75 Å². The van der Waals surface area contributed by atoms with E-state index in [0.717, 1.165) is 48.6 Å². The molecule has 1 aromatic heterocycles. The first-order valence-electron chi connectivity index (χ1n) is 9.98. The largest absolute Gasteiger partial charge is 0.490 e. The van der Waals surface area contributed by atoms with E-state index in [1.807, 2.05) is 42.7 Å². The van der Waals surface area contributed by atoms with E-state index in [1.165, 1.54) is 10.9 Å². The maximum atomic E-state index is 10.6. The Bertz CT molecular complexity index is 1050. The van der Waals surface area contributed by atoms with Crippen LogP contribution in [0, 0.1) is 0 Å². The number of hydrogen-bond donors (Lipinski definition) is 1. The predicted octanol–water partition coefficient (Wildman–Crippen LogP) is 5.56. The summed E-state index contributed by atoms with van der Waals surface area (Å²) in [7, 11) is 0. The lowest BCUT2D eigenvalue weighted by Gasteiger charge is -2.32. The summed E-state index contributed by atoms with van der Waals surface area (Å²) in [5, 5.41) is 10.3. The lowest BCUT2D eigenvalue weighted by Crippen LogP contribution is -2.37. The number of carboxylic acids is 1. The number of fused-ring (bicyclic) bond motifs is 1. The van der Waals surface area contributed by atoms with Gasteiger partial charge in [0.25, 0.3) is 0 Å². The van der Waals surface area contributed by atoms with Crippen molar-refractivity contribution in [1.82, 2.24) is 9.88 Å². The molecule has 0 amide bonds. The van der Waals surface area contributed by atoms with Gasteiger partial charge in [-0.3, -0.25) is 9.88 Å². The number of nitrogens with zero attached hydrogens (tertiary/aromatic N) is 2. The van der Waals surface area contributed by atoms with E-state index in [0.29, 0.717) is 0 Å². The smallest absolute Gasteiger partial charge is 0.490 e. The fourth-order valence-corrected chi connectivity index (χ4v) is 3.58. The van der Waals surface area contributed by atoms with Crippen molar-refractivity contribution in [3.8, 4) is 5.75 Å². The summed E-state index contributed by atoms with van der Waals surface area (Å²) in [6.45, 7) is 2.98. The van der Waals surface area contributed by atoms with E-state index in [-0.39, 0.29) is 6.10 Å². The average Bonchev–Trinajstić information content (AvgIpc) is 2.76. The highest BCUT2D eigenvalue weighted by Crippen LogP contribution is 2.25. The Balaban J connectivity index is 0.000000360. The minimum atomic E-state index is -5.08. The maximum absolute atomic E-state index is 10.6. The molecule has 3 aromatic rings. The number of aromatic nitrogens is 1. The standard InChI is InChI=1S/C21H21ClN2O.C2HF3O2/c22-21-4-2-1-3-18(21)15-24-11-8-19(9-12-24)25-20-6-5-17-14-23-10-7-16(17)13-20;3-2(4,5)1(6)7/h1-7,10,13-14,19H,8-9,11-12,15H2;(H,6,7). The average molecular weight is 467 g/mol. The first kappa shape index (κ1) is 23.8. The zero-order valence-corrected chi connectivity index (χ0v) is 17.8. The minimum Gasteiger partial charge on any atom is -0.490 e. The molecule has 0 atom stereocenters. The molecule has 170 valence electrons. The molecule has 0 bridgehead atoms. The fraction of sp³-hybridized carbons (Fsp3) is 0.304. The topological polar surface area (TPSA) is 62.7 Å². The van der Waals surface area contributed by atoms with Crippen LogP contribution in [0.25, 0.3) is 10.8 Å². The zero-order valence-electron chi connectivity index (χ0n) is 17.1. The van der Waals surface area contributed by atoms with E-state index in [2.05, 4.69) is 28.1 Å². The number of benzene rings is 2. The third-order valence-electron chi connectivity index (χ3n) is 5.04. The number of piperidine rings is 1. The Morgan fingerprint density at radius 3 is 2.47 bits per heavy atom. The summed E-state index contributed by atoms with van der Waals surface area (Å²) < 4.78 is 37.9. The Morgan fingerprint density at radius 2 is 1.81 bits per heavy atom. The van der Waals surface area contributed by atoms with Crippen molar-refractivity contribution in [3.05, 3.63) is 71.5 Å². The van der Waals surface area contributed by atoms with Gasteiger partial charge in [0, 0.05) is 42.4 Å². The van der Waals surface area contributed by atoms with Crippen LogP contribution in [0.1, 0.15) is 18.4 Å². The molecule has 2 aromatic carbocycles. The molecule has 1 fully saturated rings. The van der Waals surface area contributed by atoms with E-state index in [9.17, 15) is 13.2 Å². The van der Waals surface area contributed by atoms with Gasteiger partial charge in [-0.05, 0) is 54.1 Å². The number of rotatable bonds is 4. The molecule has 0 unspecified atom stereocenters. The number of alkyl halides is 3. The molecule has 0 radical (unpaired) electrons. The molecule has 1 N–H and O–H groups in total. The van der Waals surface area contributed by atoms with Gasteiger partial charge in [0.15, 0.2) is 0 Å². The van der Waals surface area contributed by atoms with Crippen LogP contribution in [-0.2, 0) is 11.3 Å². The highest BCUT2D eigenvalue weighted by molar-refractivity contribution is 6.31. The molecule has 1 saturated heterocycles. The second-order valence-electron chi connectivity index (χ2n) is 7.37. The maximum Gasteiger partial charge on any atom is 0.490 e. The van der Waals surface area contributed by atoms with Gasteiger partial charge in [0.2, 0.25) is 0 Å². The number of carbonyl (C=O) groups is 1. The third-order valence-corrected chi connectivity index (χ3v) is 5.41. The van der Waals surface area contributed by atoms with Crippen LogP contribution >= 0.6 is 11.6 Å². The fourth-order valence-electron chi connectivity index (χ4n) is 3.38. The zero-order chi connectivity index (χ0) is 23.1. The number of hydrogen-bond acceptors (Lipinski definition) is 4. The molecular formula is C23H22ClF3N2O3. The van der Waals surface area contributed by atoms with Crippen molar-refractivity contribution in [1.29, 1.82) is 0 Å². The first-order valence-corrected chi connectivity index (χ1v) is 10.4. The third kappa shape index (κ3) is 6.83. The second kappa shape index (κ2) is 10.7. The van der Waals surface area contributed by atoms with Gasteiger partial charge >= 0.3 is 12.1 Å². The number of pyridine rings is 1. The van der Waals surface area contributed by atoms with Crippen LogP contribution in [0.15, 0.2) is 60.9 Å². The Hall–Kier alpha value is -2.84. The molecule has 5 nitrogen and oxygen atoms in total. The Morgan fingerprint density at radius 1 is 1.12 bits per heavy atom. The van der Waals surface area contributed by atoms with Crippen LogP contribution in [0.3, 0.4) is 0 Å². The van der Waals surface area contributed by atoms with Crippen molar-refractivity contribution >= 4 is 28.3 Å².